The maximum absolute atomic E-state index is 11.8. The third-order valence-electron chi connectivity index (χ3n) is 3.29. The second-order valence-corrected chi connectivity index (χ2v) is 5.11. The number of pyridine rings is 1. The summed E-state index contributed by atoms with van der Waals surface area (Å²) in [5.74, 6) is 0. The molecule has 110 valence electrons. The van der Waals surface area contributed by atoms with E-state index in [1.807, 2.05) is 37.3 Å². The highest BCUT2D eigenvalue weighted by Gasteiger charge is 2.07. The van der Waals surface area contributed by atoms with Crippen molar-refractivity contribution in [1.82, 2.24) is 15.6 Å². The molecule has 0 spiro atoms. The first-order valence-corrected chi connectivity index (χ1v) is 7.21. The maximum atomic E-state index is 11.8. The van der Waals surface area contributed by atoms with E-state index >= 15 is 0 Å². The van der Waals surface area contributed by atoms with Gasteiger partial charge in [0.2, 0.25) is 0 Å². The van der Waals surface area contributed by atoms with E-state index in [1.54, 1.807) is 12.4 Å². The fourth-order valence-electron chi connectivity index (χ4n) is 2.06. The lowest BCUT2D eigenvalue weighted by Gasteiger charge is -2.14. The molecule has 0 saturated heterocycles. The Hall–Kier alpha value is -2.36. The highest BCUT2D eigenvalue weighted by molar-refractivity contribution is 5.74. The maximum Gasteiger partial charge on any atom is 0.315 e. The second-order valence-electron chi connectivity index (χ2n) is 5.11. The minimum Gasteiger partial charge on any atom is -0.336 e. The van der Waals surface area contributed by atoms with Gasteiger partial charge < -0.3 is 10.6 Å². The zero-order valence-corrected chi connectivity index (χ0v) is 12.3. The summed E-state index contributed by atoms with van der Waals surface area (Å²) in [4.78, 5) is 15.7. The van der Waals surface area contributed by atoms with Gasteiger partial charge in [0.1, 0.15) is 0 Å². The Bertz CT molecular complexity index is 542. The molecule has 0 saturated carbocycles. The number of benzene rings is 1. The van der Waals surface area contributed by atoms with Crippen LogP contribution >= 0.6 is 0 Å². The van der Waals surface area contributed by atoms with Crippen molar-refractivity contribution in [2.75, 3.05) is 0 Å². The molecule has 2 amide bonds. The molecule has 4 heteroatoms. The van der Waals surface area contributed by atoms with Gasteiger partial charge in [-0.25, -0.2) is 4.79 Å². The molecule has 0 radical (unpaired) electrons. The fraction of sp³-hybridized carbons (Fsp3) is 0.294. The summed E-state index contributed by atoms with van der Waals surface area (Å²) >= 11 is 0. The van der Waals surface area contributed by atoms with E-state index in [-0.39, 0.29) is 12.1 Å². The number of carbonyl (C=O) groups excluding carboxylic acids is 1. The molecular weight excluding hydrogens is 262 g/mol. The summed E-state index contributed by atoms with van der Waals surface area (Å²) in [6, 6.07) is 14.1. The molecule has 2 N–H and O–H groups in total. The van der Waals surface area contributed by atoms with Crippen molar-refractivity contribution in [2.45, 2.75) is 32.4 Å². The van der Waals surface area contributed by atoms with Crippen molar-refractivity contribution in [3.8, 4) is 0 Å². The van der Waals surface area contributed by atoms with Crippen LogP contribution in [0, 0.1) is 0 Å². The van der Waals surface area contributed by atoms with Crippen molar-refractivity contribution in [2.24, 2.45) is 0 Å². The van der Waals surface area contributed by atoms with E-state index in [4.69, 9.17) is 0 Å². The number of carbonyl (C=O) groups is 1. The summed E-state index contributed by atoms with van der Waals surface area (Å²) in [5.41, 5.74) is 2.33. The van der Waals surface area contributed by atoms with Crippen molar-refractivity contribution in [1.29, 1.82) is 0 Å². The number of hydrogen-bond donors (Lipinski definition) is 2. The van der Waals surface area contributed by atoms with Crippen LogP contribution in [-0.4, -0.2) is 17.1 Å². The Kier molecular flexibility index (Phi) is 5.76. The minimum atomic E-state index is -0.132. The van der Waals surface area contributed by atoms with E-state index < -0.39 is 0 Å². The Balaban J connectivity index is 1.67. The first-order valence-electron chi connectivity index (χ1n) is 7.21. The van der Waals surface area contributed by atoms with Gasteiger partial charge in [-0.3, -0.25) is 4.98 Å². The van der Waals surface area contributed by atoms with Gasteiger partial charge >= 0.3 is 6.03 Å². The summed E-state index contributed by atoms with van der Waals surface area (Å²) in [6.45, 7) is 2.54. The Morgan fingerprint density at radius 3 is 2.52 bits per heavy atom. The molecule has 0 aliphatic carbocycles. The van der Waals surface area contributed by atoms with Gasteiger partial charge in [0.15, 0.2) is 0 Å². The predicted octanol–water partition coefficient (Wildman–Crippen LogP) is 2.90. The van der Waals surface area contributed by atoms with Crippen LogP contribution in [0.4, 0.5) is 4.79 Å². The lowest BCUT2D eigenvalue weighted by Crippen LogP contribution is -2.40. The van der Waals surface area contributed by atoms with E-state index in [9.17, 15) is 4.79 Å². The summed E-state index contributed by atoms with van der Waals surface area (Å²) < 4.78 is 0. The average molecular weight is 283 g/mol. The molecule has 1 atom stereocenters. The highest BCUT2D eigenvalue weighted by atomic mass is 16.2. The number of rotatable bonds is 6. The molecule has 0 fully saturated rings. The van der Waals surface area contributed by atoms with Gasteiger partial charge in [-0.1, -0.05) is 30.3 Å². The van der Waals surface area contributed by atoms with Gasteiger partial charge in [0, 0.05) is 25.0 Å². The van der Waals surface area contributed by atoms with E-state index in [2.05, 4.69) is 27.8 Å². The van der Waals surface area contributed by atoms with E-state index in [1.165, 1.54) is 5.56 Å². The van der Waals surface area contributed by atoms with Crippen LogP contribution in [0.3, 0.4) is 0 Å². The first-order chi connectivity index (χ1) is 10.2. The smallest absolute Gasteiger partial charge is 0.315 e. The third kappa shape index (κ3) is 5.65. The van der Waals surface area contributed by atoms with Crippen molar-refractivity contribution >= 4 is 6.03 Å². The van der Waals surface area contributed by atoms with Crippen LogP contribution in [0.15, 0.2) is 54.9 Å². The molecule has 0 bridgehead atoms. The molecule has 1 aromatic heterocycles. The number of aryl methyl sites for hydroxylation is 1. The lowest BCUT2D eigenvalue weighted by atomic mass is 10.1. The zero-order chi connectivity index (χ0) is 14.9. The van der Waals surface area contributed by atoms with E-state index in [0.717, 1.165) is 18.4 Å². The fourth-order valence-corrected chi connectivity index (χ4v) is 2.06. The van der Waals surface area contributed by atoms with Gasteiger partial charge in [-0.05, 0) is 43.0 Å². The number of aromatic nitrogens is 1. The molecular formula is C17H21N3O. The molecule has 1 heterocycles. The number of hydrogen-bond acceptors (Lipinski definition) is 2. The van der Waals surface area contributed by atoms with Crippen LogP contribution in [0.1, 0.15) is 24.5 Å². The Morgan fingerprint density at radius 2 is 1.81 bits per heavy atom. The van der Waals surface area contributed by atoms with Crippen LogP contribution in [0.25, 0.3) is 0 Å². The normalized spacial score (nSPS) is 11.7. The molecule has 2 rings (SSSR count). The van der Waals surface area contributed by atoms with Crippen LogP contribution in [0.2, 0.25) is 0 Å². The standard InChI is InChI=1S/C17H21N3O/c1-14(7-8-15-5-3-2-4-6-15)20-17(21)19-13-16-9-11-18-12-10-16/h2-6,9-12,14H,7-8,13H2,1H3,(H2,19,20,21)/t14-/m0/s1. The van der Waals surface area contributed by atoms with Crippen LogP contribution in [0.5, 0.6) is 0 Å². The third-order valence-corrected chi connectivity index (χ3v) is 3.29. The van der Waals surface area contributed by atoms with Gasteiger partial charge in [-0.2, -0.15) is 0 Å². The van der Waals surface area contributed by atoms with E-state index in [0.29, 0.717) is 6.54 Å². The minimum absolute atomic E-state index is 0.132. The Morgan fingerprint density at radius 1 is 1.10 bits per heavy atom. The predicted molar refractivity (Wildman–Crippen MR) is 83.8 cm³/mol. The van der Waals surface area contributed by atoms with Gasteiger partial charge in [0.05, 0.1) is 0 Å². The van der Waals surface area contributed by atoms with Crippen molar-refractivity contribution in [3.63, 3.8) is 0 Å². The average Bonchev–Trinajstić information content (AvgIpc) is 2.53. The SMILES string of the molecule is C[C@@H](CCc1ccccc1)NC(=O)NCc1ccncc1. The molecule has 1 aromatic carbocycles. The summed E-state index contributed by atoms with van der Waals surface area (Å²) in [7, 11) is 0. The first kappa shape index (κ1) is 15.0. The van der Waals surface area contributed by atoms with Crippen LogP contribution < -0.4 is 10.6 Å². The summed E-state index contributed by atoms with van der Waals surface area (Å²) in [6.07, 6.45) is 5.33. The lowest BCUT2D eigenvalue weighted by molar-refractivity contribution is 0.237. The van der Waals surface area contributed by atoms with Crippen molar-refractivity contribution in [3.05, 3.63) is 66.0 Å². The largest absolute Gasteiger partial charge is 0.336 e. The molecule has 4 nitrogen and oxygen atoms in total. The van der Waals surface area contributed by atoms with Crippen LogP contribution in [-0.2, 0) is 13.0 Å². The molecule has 0 aliphatic rings. The highest BCUT2D eigenvalue weighted by Crippen LogP contribution is 2.04. The molecule has 0 unspecified atom stereocenters. The molecule has 0 aliphatic heterocycles. The monoisotopic (exact) mass is 283 g/mol. The quantitative estimate of drug-likeness (QED) is 0.856. The topological polar surface area (TPSA) is 54.0 Å². The number of amides is 2. The summed E-state index contributed by atoms with van der Waals surface area (Å²) in [5, 5.41) is 5.80. The van der Waals surface area contributed by atoms with Gasteiger partial charge in [-0.15, -0.1) is 0 Å². The molecule has 2 aromatic rings. The number of nitrogens with one attached hydrogen (secondary N) is 2. The second kappa shape index (κ2) is 8.04. The van der Waals surface area contributed by atoms with Crippen molar-refractivity contribution < 1.29 is 4.79 Å². The Labute approximate surface area is 125 Å². The number of urea groups is 1. The molecule has 21 heavy (non-hydrogen) atoms. The van der Waals surface area contributed by atoms with Gasteiger partial charge in [0.25, 0.3) is 0 Å². The zero-order valence-electron chi connectivity index (χ0n) is 12.3. The number of nitrogens with zero attached hydrogens (tertiary/aromatic N) is 1.